The highest BCUT2D eigenvalue weighted by Gasteiger charge is 2.10. The fourth-order valence-corrected chi connectivity index (χ4v) is 1.65. The van der Waals surface area contributed by atoms with Crippen molar-refractivity contribution in [1.82, 2.24) is 4.98 Å². The number of aromatic carboxylic acids is 1. The van der Waals surface area contributed by atoms with E-state index in [-0.39, 0.29) is 5.56 Å². The third-order valence-electron chi connectivity index (χ3n) is 2.67. The summed E-state index contributed by atoms with van der Waals surface area (Å²) >= 11 is 0. The summed E-state index contributed by atoms with van der Waals surface area (Å²) in [5.41, 5.74) is 2.14. The molecule has 4 nitrogen and oxygen atoms in total. The molecule has 0 aliphatic carbocycles. The van der Waals surface area contributed by atoms with Gasteiger partial charge in [-0.25, -0.2) is 9.18 Å². The number of aromatic nitrogens is 1. The van der Waals surface area contributed by atoms with Gasteiger partial charge in [-0.2, -0.15) is 0 Å². The van der Waals surface area contributed by atoms with E-state index in [0.29, 0.717) is 12.2 Å². The van der Waals surface area contributed by atoms with E-state index in [4.69, 9.17) is 5.11 Å². The first-order valence-corrected chi connectivity index (χ1v) is 5.74. The van der Waals surface area contributed by atoms with E-state index in [0.717, 1.165) is 17.3 Å². The maximum absolute atomic E-state index is 13.0. The molecule has 0 aliphatic rings. The van der Waals surface area contributed by atoms with Crippen LogP contribution < -0.4 is 5.32 Å². The lowest BCUT2D eigenvalue weighted by molar-refractivity contribution is 0.0697. The van der Waals surface area contributed by atoms with Gasteiger partial charge in [-0.05, 0) is 36.8 Å². The Morgan fingerprint density at radius 1 is 1.37 bits per heavy atom. The molecule has 0 spiro atoms. The zero-order valence-electron chi connectivity index (χ0n) is 10.4. The second kappa shape index (κ2) is 5.48. The molecular formula is C14H13FN2O2. The maximum Gasteiger partial charge on any atom is 0.337 e. The van der Waals surface area contributed by atoms with Crippen LogP contribution in [-0.4, -0.2) is 16.1 Å². The van der Waals surface area contributed by atoms with Crippen molar-refractivity contribution in [2.24, 2.45) is 0 Å². The molecule has 0 unspecified atom stereocenters. The Labute approximate surface area is 109 Å². The minimum absolute atomic E-state index is 0.0833. The van der Waals surface area contributed by atoms with Crippen LogP contribution in [0.1, 0.15) is 21.6 Å². The van der Waals surface area contributed by atoms with Gasteiger partial charge in [0.1, 0.15) is 5.82 Å². The van der Waals surface area contributed by atoms with Crippen molar-refractivity contribution in [2.45, 2.75) is 13.5 Å². The number of nitrogens with one attached hydrogen (secondary N) is 1. The molecule has 2 aromatic rings. The topological polar surface area (TPSA) is 62.2 Å². The third kappa shape index (κ3) is 3.28. The van der Waals surface area contributed by atoms with Gasteiger partial charge < -0.3 is 10.4 Å². The molecule has 98 valence electrons. The summed E-state index contributed by atoms with van der Waals surface area (Å²) in [6.45, 7) is 2.32. The smallest absolute Gasteiger partial charge is 0.337 e. The molecule has 2 rings (SSSR count). The highest BCUT2D eigenvalue weighted by molar-refractivity contribution is 5.94. The van der Waals surface area contributed by atoms with Crippen molar-refractivity contribution in [3.8, 4) is 0 Å². The number of rotatable bonds is 4. The molecule has 0 atom stereocenters. The number of carbonyl (C=O) groups is 1. The number of carboxylic acid groups (broad SMARTS) is 1. The van der Waals surface area contributed by atoms with Gasteiger partial charge in [0.15, 0.2) is 0 Å². The molecule has 0 saturated heterocycles. The van der Waals surface area contributed by atoms with Crippen LogP contribution in [0.5, 0.6) is 0 Å². The SMILES string of the molecule is Cc1ccc(CNc2ccc(F)cc2C(=O)O)cn1. The Hall–Kier alpha value is -2.43. The highest BCUT2D eigenvalue weighted by Crippen LogP contribution is 2.18. The molecule has 1 heterocycles. The lowest BCUT2D eigenvalue weighted by Gasteiger charge is -2.09. The van der Waals surface area contributed by atoms with Gasteiger partial charge in [0, 0.05) is 24.1 Å². The van der Waals surface area contributed by atoms with Crippen LogP contribution in [0, 0.1) is 12.7 Å². The summed E-state index contributed by atoms with van der Waals surface area (Å²) in [7, 11) is 0. The van der Waals surface area contributed by atoms with E-state index in [1.165, 1.54) is 12.1 Å². The second-order valence-electron chi connectivity index (χ2n) is 4.16. The van der Waals surface area contributed by atoms with Crippen LogP contribution in [0.25, 0.3) is 0 Å². The van der Waals surface area contributed by atoms with Gasteiger partial charge in [-0.15, -0.1) is 0 Å². The van der Waals surface area contributed by atoms with Gasteiger partial charge in [0.05, 0.1) is 5.56 Å². The predicted octanol–water partition coefficient (Wildman–Crippen LogP) is 2.84. The zero-order chi connectivity index (χ0) is 13.8. The average molecular weight is 260 g/mol. The first-order chi connectivity index (χ1) is 9.06. The van der Waals surface area contributed by atoms with Crippen LogP contribution in [0.2, 0.25) is 0 Å². The van der Waals surface area contributed by atoms with Crippen molar-refractivity contribution in [3.05, 3.63) is 59.2 Å². The van der Waals surface area contributed by atoms with Gasteiger partial charge in [0.2, 0.25) is 0 Å². The summed E-state index contributed by atoms with van der Waals surface area (Å²) in [4.78, 5) is 15.2. The molecule has 5 heteroatoms. The van der Waals surface area contributed by atoms with Crippen molar-refractivity contribution in [1.29, 1.82) is 0 Å². The summed E-state index contributed by atoms with van der Waals surface area (Å²) in [6.07, 6.45) is 1.71. The quantitative estimate of drug-likeness (QED) is 0.887. The maximum atomic E-state index is 13.0. The monoisotopic (exact) mass is 260 g/mol. The average Bonchev–Trinajstić information content (AvgIpc) is 2.39. The van der Waals surface area contributed by atoms with E-state index >= 15 is 0 Å². The fraction of sp³-hybridized carbons (Fsp3) is 0.143. The highest BCUT2D eigenvalue weighted by atomic mass is 19.1. The van der Waals surface area contributed by atoms with E-state index in [2.05, 4.69) is 10.3 Å². The number of nitrogens with zero attached hydrogens (tertiary/aromatic N) is 1. The minimum Gasteiger partial charge on any atom is -0.478 e. The number of pyridine rings is 1. The first-order valence-electron chi connectivity index (χ1n) is 5.74. The van der Waals surface area contributed by atoms with Crippen LogP contribution in [0.15, 0.2) is 36.5 Å². The number of anilines is 1. The summed E-state index contributed by atoms with van der Waals surface area (Å²) < 4.78 is 13.0. The van der Waals surface area contributed by atoms with Crippen LogP contribution in [0.3, 0.4) is 0 Å². The molecule has 0 aliphatic heterocycles. The molecule has 0 bridgehead atoms. The van der Waals surface area contributed by atoms with Crippen molar-refractivity contribution < 1.29 is 14.3 Å². The molecule has 0 fully saturated rings. The first kappa shape index (κ1) is 13.0. The lowest BCUT2D eigenvalue weighted by Crippen LogP contribution is -2.07. The van der Waals surface area contributed by atoms with Crippen molar-refractivity contribution in [3.63, 3.8) is 0 Å². The standard InChI is InChI=1S/C14H13FN2O2/c1-9-2-3-10(7-16-9)8-17-13-5-4-11(15)6-12(13)14(18)19/h2-7,17H,8H2,1H3,(H,18,19). The number of benzene rings is 1. The Morgan fingerprint density at radius 2 is 2.16 bits per heavy atom. The van der Waals surface area contributed by atoms with Crippen LogP contribution in [0.4, 0.5) is 10.1 Å². The molecule has 1 aromatic heterocycles. The molecule has 2 N–H and O–H groups in total. The molecule has 0 saturated carbocycles. The summed E-state index contributed by atoms with van der Waals surface area (Å²) in [6, 6.07) is 7.42. The zero-order valence-corrected chi connectivity index (χ0v) is 10.4. The van der Waals surface area contributed by atoms with Crippen molar-refractivity contribution in [2.75, 3.05) is 5.32 Å². The van der Waals surface area contributed by atoms with Gasteiger partial charge in [0.25, 0.3) is 0 Å². The predicted molar refractivity (Wildman–Crippen MR) is 69.7 cm³/mol. The Kier molecular flexibility index (Phi) is 3.75. The van der Waals surface area contributed by atoms with Gasteiger partial charge >= 0.3 is 5.97 Å². The second-order valence-corrected chi connectivity index (χ2v) is 4.16. The number of halogens is 1. The number of aryl methyl sites for hydroxylation is 1. The van der Waals surface area contributed by atoms with Crippen LogP contribution in [-0.2, 0) is 6.54 Å². The summed E-state index contributed by atoms with van der Waals surface area (Å²) in [5, 5.41) is 12.0. The Balaban J connectivity index is 2.15. The van der Waals surface area contributed by atoms with E-state index < -0.39 is 11.8 Å². The van der Waals surface area contributed by atoms with Gasteiger partial charge in [-0.1, -0.05) is 6.07 Å². The fourth-order valence-electron chi connectivity index (χ4n) is 1.65. The summed E-state index contributed by atoms with van der Waals surface area (Å²) in [5.74, 6) is -1.73. The molecule has 1 aromatic carbocycles. The molecule has 19 heavy (non-hydrogen) atoms. The van der Waals surface area contributed by atoms with Crippen LogP contribution >= 0.6 is 0 Å². The van der Waals surface area contributed by atoms with Crippen molar-refractivity contribution >= 4 is 11.7 Å². The molecule has 0 radical (unpaired) electrons. The minimum atomic E-state index is -1.16. The number of carboxylic acids is 1. The molecular weight excluding hydrogens is 247 g/mol. The third-order valence-corrected chi connectivity index (χ3v) is 2.67. The largest absolute Gasteiger partial charge is 0.478 e. The van der Waals surface area contributed by atoms with E-state index in [9.17, 15) is 9.18 Å². The van der Waals surface area contributed by atoms with Gasteiger partial charge in [-0.3, -0.25) is 4.98 Å². The van der Waals surface area contributed by atoms with E-state index in [1.807, 2.05) is 19.1 Å². The number of hydrogen-bond acceptors (Lipinski definition) is 3. The Bertz CT molecular complexity index is 597. The van der Waals surface area contributed by atoms with E-state index in [1.54, 1.807) is 6.20 Å². The lowest BCUT2D eigenvalue weighted by atomic mass is 10.1. The molecule has 0 amide bonds. The Morgan fingerprint density at radius 3 is 2.79 bits per heavy atom. The number of hydrogen-bond donors (Lipinski definition) is 2. The normalized spacial score (nSPS) is 10.2.